The van der Waals surface area contributed by atoms with Crippen LogP contribution in [0.1, 0.15) is 232 Å². The molecule has 0 aromatic carbocycles. The maximum absolute atomic E-state index is 13.3. The third-order valence-corrected chi connectivity index (χ3v) is 15.2. The zero-order chi connectivity index (χ0) is 59.5. The van der Waals surface area contributed by atoms with Gasteiger partial charge in [-0.1, -0.05) is 233 Å². The Morgan fingerprint density at radius 2 is 0.854 bits per heavy atom. The third kappa shape index (κ3) is 36.7. The molecule has 12 atom stereocenters. The Kier molecular flexibility index (Phi) is 47.8. The summed E-state index contributed by atoms with van der Waals surface area (Å²) in [4.78, 5) is 13.3. The van der Waals surface area contributed by atoms with Crippen molar-refractivity contribution >= 4 is 5.91 Å². The zero-order valence-corrected chi connectivity index (χ0v) is 50.9. The van der Waals surface area contributed by atoms with Crippen LogP contribution in [0.2, 0.25) is 0 Å². The molecular weight excluding hydrogens is 1040 g/mol. The smallest absolute Gasteiger partial charge is 0.220 e. The molecule has 14 heteroatoms. The van der Waals surface area contributed by atoms with Gasteiger partial charge in [-0.2, -0.15) is 0 Å². The maximum Gasteiger partial charge on any atom is 0.220 e. The standard InChI is InChI=1S/C68H117NO13/c1-3-5-7-9-11-13-15-17-19-20-21-22-23-24-25-26-27-28-29-30-31-32-33-34-35-36-38-40-42-44-46-48-50-52-60(73)69-56(57(72)51-49-47-45-43-41-39-37-18-16-14-12-10-8-6-4-2)55-79-67-65(78)63(76)66(59(54-71)81-67)82-68-64(77)62(75)61(74)58(53-70)80-68/h5,7,11,13,16-19,21-22,24-25,41,43,49,51,56-59,61-68,70-72,74-78H,3-4,6,8-10,12,14-15,20,23,26-40,42,44-48,50,52-55H2,1-2H3,(H,69,73)/b7-5-,13-11-,18-16+,19-17-,22-21-,25-24-,43-41+,51-49+. The maximum atomic E-state index is 13.3. The quantitative estimate of drug-likeness (QED) is 0.0204. The number of hydrogen-bond acceptors (Lipinski definition) is 13. The molecule has 0 spiro atoms. The van der Waals surface area contributed by atoms with Gasteiger partial charge in [-0.25, -0.2) is 0 Å². The number of carbonyl (C=O) groups excluding carboxylic acids is 1. The van der Waals surface area contributed by atoms with Gasteiger partial charge < -0.3 is 65.1 Å². The predicted octanol–water partition coefficient (Wildman–Crippen LogP) is 12.2. The average Bonchev–Trinajstić information content (AvgIpc) is 3.60. The minimum atomic E-state index is -1.80. The van der Waals surface area contributed by atoms with E-state index in [1.165, 1.54) is 122 Å². The van der Waals surface area contributed by atoms with E-state index in [0.29, 0.717) is 12.8 Å². The first kappa shape index (κ1) is 75.0. The van der Waals surface area contributed by atoms with Gasteiger partial charge in [0, 0.05) is 6.42 Å². The molecule has 1 amide bonds. The highest BCUT2D eigenvalue weighted by atomic mass is 16.7. The van der Waals surface area contributed by atoms with Crippen molar-refractivity contribution in [2.75, 3.05) is 19.8 Å². The second-order valence-corrected chi connectivity index (χ2v) is 22.5. The van der Waals surface area contributed by atoms with Gasteiger partial charge in [0.1, 0.15) is 48.8 Å². The van der Waals surface area contributed by atoms with Crippen molar-refractivity contribution < 1.29 is 64.6 Å². The molecule has 9 N–H and O–H groups in total. The molecule has 14 nitrogen and oxygen atoms in total. The number of carbonyl (C=O) groups is 1. The van der Waals surface area contributed by atoms with Gasteiger partial charge in [0.25, 0.3) is 0 Å². The van der Waals surface area contributed by atoms with Gasteiger partial charge in [-0.05, 0) is 89.9 Å². The summed E-state index contributed by atoms with van der Waals surface area (Å²) in [5.74, 6) is -0.256. The Bertz CT molecular complexity index is 1740. The SMILES string of the molecule is CC/C=C\C/C=C\C/C=C\C/C=C\C/C=C\CCCCCCCCCCCCCCCCCCCC(=O)NC(COC1OC(CO)C(OC2OC(CO)C(O)C(O)C2O)C(O)C1O)C(O)/C=C/CC/C=C/CC/C=C/CCCCCCC. The largest absolute Gasteiger partial charge is 0.394 e. The number of rotatable bonds is 51. The molecule has 0 radical (unpaired) electrons. The first-order valence-corrected chi connectivity index (χ1v) is 32.5. The number of amides is 1. The zero-order valence-electron chi connectivity index (χ0n) is 50.9. The van der Waals surface area contributed by atoms with E-state index >= 15 is 0 Å². The molecular formula is C68H117NO13. The molecule has 2 fully saturated rings. The molecule has 0 saturated carbocycles. The summed E-state index contributed by atoms with van der Waals surface area (Å²) >= 11 is 0. The van der Waals surface area contributed by atoms with Gasteiger partial charge >= 0.3 is 0 Å². The molecule has 0 aliphatic carbocycles. The minimum Gasteiger partial charge on any atom is -0.394 e. The van der Waals surface area contributed by atoms with E-state index in [4.69, 9.17) is 18.9 Å². The van der Waals surface area contributed by atoms with E-state index in [9.17, 15) is 45.6 Å². The fourth-order valence-corrected chi connectivity index (χ4v) is 10.1. The summed E-state index contributed by atoms with van der Waals surface area (Å²) < 4.78 is 22.8. The lowest BCUT2D eigenvalue weighted by Gasteiger charge is -2.46. The number of hydrogen-bond donors (Lipinski definition) is 9. The van der Waals surface area contributed by atoms with Crippen molar-refractivity contribution in [3.63, 3.8) is 0 Å². The minimum absolute atomic E-state index is 0.256. The van der Waals surface area contributed by atoms with Crippen LogP contribution < -0.4 is 5.32 Å². The summed E-state index contributed by atoms with van der Waals surface area (Å²) in [5.41, 5.74) is 0. The van der Waals surface area contributed by atoms with Crippen molar-refractivity contribution in [3.8, 4) is 0 Å². The third-order valence-electron chi connectivity index (χ3n) is 15.2. The number of ether oxygens (including phenoxy) is 4. The molecule has 472 valence electrons. The molecule has 82 heavy (non-hydrogen) atoms. The Morgan fingerprint density at radius 3 is 1.34 bits per heavy atom. The summed E-state index contributed by atoms with van der Waals surface area (Å²) in [6.45, 7) is 2.64. The summed E-state index contributed by atoms with van der Waals surface area (Å²) in [5, 5.41) is 87.1. The summed E-state index contributed by atoms with van der Waals surface area (Å²) in [6, 6.07) is -0.942. The fraction of sp³-hybridized carbons (Fsp3) is 0.750. The number of unbranched alkanes of at least 4 members (excludes halogenated alkanes) is 24. The molecule has 2 aliphatic heterocycles. The Hall–Kier alpha value is -3.09. The van der Waals surface area contributed by atoms with E-state index in [1.807, 2.05) is 6.08 Å². The highest BCUT2D eigenvalue weighted by Gasteiger charge is 2.51. The van der Waals surface area contributed by atoms with Crippen molar-refractivity contribution in [1.82, 2.24) is 5.32 Å². The summed E-state index contributed by atoms with van der Waals surface area (Å²) in [6.07, 6.45) is 56.0. The van der Waals surface area contributed by atoms with Gasteiger partial charge in [-0.3, -0.25) is 4.79 Å². The Morgan fingerprint density at radius 1 is 0.451 bits per heavy atom. The van der Waals surface area contributed by atoms with Crippen LogP contribution in [0.4, 0.5) is 0 Å². The lowest BCUT2D eigenvalue weighted by atomic mass is 9.97. The van der Waals surface area contributed by atoms with E-state index in [-0.39, 0.29) is 18.9 Å². The van der Waals surface area contributed by atoms with E-state index in [2.05, 4.69) is 104 Å². The molecule has 0 aromatic rings. The van der Waals surface area contributed by atoms with Crippen LogP contribution in [0.5, 0.6) is 0 Å². The molecule has 2 saturated heterocycles. The second-order valence-electron chi connectivity index (χ2n) is 22.5. The van der Waals surface area contributed by atoms with Crippen LogP contribution in [-0.4, -0.2) is 140 Å². The van der Waals surface area contributed by atoms with Crippen LogP contribution in [0.3, 0.4) is 0 Å². The highest BCUT2D eigenvalue weighted by molar-refractivity contribution is 5.76. The highest BCUT2D eigenvalue weighted by Crippen LogP contribution is 2.30. The first-order valence-electron chi connectivity index (χ1n) is 32.5. The number of nitrogens with one attached hydrogen (secondary N) is 1. The summed E-state index contributed by atoms with van der Waals surface area (Å²) in [7, 11) is 0. The molecule has 12 unspecified atom stereocenters. The van der Waals surface area contributed by atoms with Crippen LogP contribution in [0.25, 0.3) is 0 Å². The van der Waals surface area contributed by atoms with Crippen molar-refractivity contribution in [1.29, 1.82) is 0 Å². The predicted molar refractivity (Wildman–Crippen MR) is 332 cm³/mol. The molecule has 0 bridgehead atoms. The fourth-order valence-electron chi connectivity index (χ4n) is 10.1. The normalized spacial score (nSPS) is 24.6. The topological polar surface area (TPSA) is 228 Å². The van der Waals surface area contributed by atoms with Crippen molar-refractivity contribution in [2.24, 2.45) is 0 Å². The average molecular weight is 1160 g/mol. The van der Waals surface area contributed by atoms with Crippen LogP contribution in [0.15, 0.2) is 97.2 Å². The molecule has 2 heterocycles. The van der Waals surface area contributed by atoms with Gasteiger partial charge in [-0.15, -0.1) is 0 Å². The van der Waals surface area contributed by atoms with Gasteiger partial charge in [0.05, 0.1) is 32.0 Å². The van der Waals surface area contributed by atoms with E-state index in [1.54, 1.807) is 6.08 Å². The molecule has 2 rings (SSSR count). The second kappa shape index (κ2) is 52.3. The Balaban J connectivity index is 1.66. The monoisotopic (exact) mass is 1160 g/mol. The van der Waals surface area contributed by atoms with Gasteiger partial charge in [0.2, 0.25) is 5.91 Å². The number of aliphatic hydroxyl groups is 8. The molecule has 2 aliphatic rings. The lowest BCUT2D eigenvalue weighted by Crippen LogP contribution is -2.65. The van der Waals surface area contributed by atoms with Crippen LogP contribution in [-0.2, 0) is 23.7 Å². The van der Waals surface area contributed by atoms with Crippen molar-refractivity contribution in [2.45, 2.75) is 306 Å². The van der Waals surface area contributed by atoms with E-state index in [0.717, 1.165) is 77.0 Å². The molecule has 0 aromatic heterocycles. The Labute approximate surface area is 496 Å². The van der Waals surface area contributed by atoms with Crippen LogP contribution >= 0.6 is 0 Å². The number of aliphatic hydroxyl groups excluding tert-OH is 8. The lowest BCUT2D eigenvalue weighted by molar-refractivity contribution is -0.359. The van der Waals surface area contributed by atoms with Gasteiger partial charge in [0.15, 0.2) is 12.6 Å². The number of allylic oxidation sites excluding steroid dienone is 15. The van der Waals surface area contributed by atoms with Crippen LogP contribution in [0, 0.1) is 0 Å². The first-order chi connectivity index (χ1) is 40.1. The van der Waals surface area contributed by atoms with E-state index < -0.39 is 86.8 Å². The van der Waals surface area contributed by atoms with Crippen molar-refractivity contribution in [3.05, 3.63) is 97.2 Å².